The van der Waals surface area contributed by atoms with Crippen molar-refractivity contribution in [3.63, 3.8) is 0 Å². The number of ether oxygens (including phenoxy) is 1. The van der Waals surface area contributed by atoms with Gasteiger partial charge in [-0.05, 0) is 63.2 Å². The molecule has 250 valence electrons. The first kappa shape index (κ1) is 33.3. The first-order valence-corrected chi connectivity index (χ1v) is 15.9. The first-order chi connectivity index (χ1) is 23.5. The highest BCUT2D eigenvalue weighted by Gasteiger charge is 2.24. The van der Waals surface area contributed by atoms with Crippen LogP contribution in [0, 0.1) is 11.6 Å². The van der Waals surface area contributed by atoms with E-state index in [-0.39, 0.29) is 23.4 Å². The van der Waals surface area contributed by atoms with Gasteiger partial charge in [-0.15, -0.1) is 0 Å². The highest BCUT2D eigenvalue weighted by molar-refractivity contribution is 5.85. The number of aromatic nitrogens is 3. The summed E-state index contributed by atoms with van der Waals surface area (Å²) in [4.78, 5) is 33.9. The summed E-state index contributed by atoms with van der Waals surface area (Å²) >= 11 is 0. The van der Waals surface area contributed by atoms with Gasteiger partial charge < -0.3 is 9.30 Å². The third kappa shape index (κ3) is 7.60. The number of carbonyl (C=O) groups excluding carboxylic acids is 1. The SMILES string of the molecule is CN(Cc1ccccc1)Cc1c(-c2ccc(NC(=O)OC(C)(C)C)cc2)nc2n(Cc3c(F)cccc3F)cc(-c3ccccc3)c(=O)n12. The summed E-state index contributed by atoms with van der Waals surface area (Å²) in [5, 5.41) is 2.74. The van der Waals surface area contributed by atoms with E-state index >= 15 is 0 Å². The smallest absolute Gasteiger partial charge is 0.412 e. The second kappa shape index (κ2) is 13.9. The molecule has 0 fully saturated rings. The van der Waals surface area contributed by atoms with Gasteiger partial charge in [0.2, 0.25) is 5.78 Å². The van der Waals surface area contributed by atoms with Crippen molar-refractivity contribution in [2.75, 3.05) is 12.4 Å². The van der Waals surface area contributed by atoms with Gasteiger partial charge in [-0.2, -0.15) is 0 Å². The molecule has 1 amide bonds. The summed E-state index contributed by atoms with van der Waals surface area (Å²) in [6.07, 6.45) is 1.03. The van der Waals surface area contributed by atoms with E-state index in [9.17, 15) is 18.4 Å². The number of rotatable bonds is 9. The van der Waals surface area contributed by atoms with Crippen molar-refractivity contribution in [2.24, 2.45) is 0 Å². The van der Waals surface area contributed by atoms with Gasteiger partial charge in [-0.3, -0.25) is 15.0 Å². The van der Waals surface area contributed by atoms with E-state index < -0.39 is 23.3 Å². The third-order valence-electron chi connectivity index (χ3n) is 7.92. The lowest BCUT2D eigenvalue weighted by Gasteiger charge is -2.19. The molecule has 0 atom stereocenters. The van der Waals surface area contributed by atoms with E-state index in [1.807, 2.05) is 67.7 Å². The molecule has 0 saturated carbocycles. The Hall–Kier alpha value is -5.61. The maximum Gasteiger partial charge on any atom is 0.412 e. The molecule has 0 aliphatic carbocycles. The monoisotopic (exact) mass is 661 g/mol. The molecule has 49 heavy (non-hydrogen) atoms. The lowest BCUT2D eigenvalue weighted by Crippen LogP contribution is -2.27. The van der Waals surface area contributed by atoms with Crippen molar-refractivity contribution >= 4 is 17.6 Å². The van der Waals surface area contributed by atoms with E-state index in [1.54, 1.807) is 60.2 Å². The van der Waals surface area contributed by atoms with Crippen LogP contribution in [-0.4, -0.2) is 37.6 Å². The molecule has 0 aliphatic heterocycles. The van der Waals surface area contributed by atoms with Gasteiger partial charge in [0.25, 0.3) is 5.56 Å². The molecule has 0 saturated heterocycles. The fraction of sp³-hybridized carbons (Fsp3) is 0.205. The van der Waals surface area contributed by atoms with Gasteiger partial charge >= 0.3 is 6.09 Å². The lowest BCUT2D eigenvalue weighted by atomic mass is 10.1. The number of halogens is 2. The molecule has 1 N–H and O–H groups in total. The number of benzene rings is 4. The highest BCUT2D eigenvalue weighted by Crippen LogP contribution is 2.29. The summed E-state index contributed by atoms with van der Waals surface area (Å²) < 4.78 is 38.5. The highest BCUT2D eigenvalue weighted by atomic mass is 19.1. The van der Waals surface area contributed by atoms with E-state index in [0.29, 0.717) is 46.9 Å². The maximum absolute atomic E-state index is 15.0. The van der Waals surface area contributed by atoms with Crippen molar-refractivity contribution in [1.29, 1.82) is 0 Å². The second-order valence-corrected chi connectivity index (χ2v) is 12.9. The predicted molar refractivity (Wildman–Crippen MR) is 187 cm³/mol. The molecular formula is C39H37F2N5O3. The number of imidazole rings is 1. The zero-order valence-corrected chi connectivity index (χ0v) is 27.8. The Kier molecular flexibility index (Phi) is 9.42. The summed E-state index contributed by atoms with van der Waals surface area (Å²) in [6.45, 7) is 6.09. The molecule has 2 aromatic heterocycles. The van der Waals surface area contributed by atoms with Crippen LogP contribution in [0.4, 0.5) is 19.3 Å². The number of amides is 1. The number of hydrogen-bond acceptors (Lipinski definition) is 5. The van der Waals surface area contributed by atoms with Crippen molar-refractivity contribution < 1.29 is 18.3 Å². The second-order valence-electron chi connectivity index (χ2n) is 12.9. The molecule has 0 bridgehead atoms. The standard InChI is InChI=1S/C39H37F2N5O3/c1-39(2,3)49-38(48)42-29-20-18-28(19-21-29)35-34(25-44(4)22-26-12-7-5-8-13-26)46-36(47)30(27-14-9-6-10-15-27)23-45(37(46)43-35)24-31-32(40)16-11-17-33(31)41/h5-21,23H,22,24-25H2,1-4H3,(H,42,48). The Morgan fingerprint density at radius 3 is 2.10 bits per heavy atom. The third-order valence-corrected chi connectivity index (χ3v) is 7.92. The molecule has 2 heterocycles. The van der Waals surface area contributed by atoms with E-state index in [2.05, 4.69) is 10.2 Å². The predicted octanol–water partition coefficient (Wildman–Crippen LogP) is 8.14. The number of anilines is 1. The van der Waals surface area contributed by atoms with Gasteiger partial charge in [0.15, 0.2) is 0 Å². The maximum atomic E-state index is 15.0. The first-order valence-electron chi connectivity index (χ1n) is 15.9. The van der Waals surface area contributed by atoms with Crippen LogP contribution in [0.1, 0.15) is 37.6 Å². The number of hydrogen-bond donors (Lipinski definition) is 1. The average molecular weight is 662 g/mol. The minimum atomic E-state index is -0.694. The van der Waals surface area contributed by atoms with Crippen molar-refractivity contribution in [3.8, 4) is 22.4 Å². The molecule has 6 aromatic rings. The van der Waals surface area contributed by atoms with Crippen molar-refractivity contribution in [1.82, 2.24) is 18.9 Å². The molecule has 8 nitrogen and oxygen atoms in total. The molecular weight excluding hydrogens is 624 g/mol. The summed E-state index contributed by atoms with van der Waals surface area (Å²) in [7, 11) is 1.96. The number of carbonyl (C=O) groups is 1. The van der Waals surface area contributed by atoms with E-state index in [0.717, 1.165) is 5.56 Å². The Labute approximate surface area is 283 Å². The lowest BCUT2D eigenvalue weighted by molar-refractivity contribution is 0.0636. The normalized spacial score (nSPS) is 11.7. The van der Waals surface area contributed by atoms with Gasteiger partial charge in [0, 0.05) is 36.1 Å². The summed E-state index contributed by atoms with van der Waals surface area (Å²) in [6, 6.07) is 30.0. The molecule has 0 aliphatic rings. The fourth-order valence-corrected chi connectivity index (χ4v) is 5.74. The molecule has 0 unspecified atom stereocenters. The summed E-state index contributed by atoms with van der Waals surface area (Å²) in [5.41, 5.74) is 3.34. The van der Waals surface area contributed by atoms with Crippen LogP contribution in [0.5, 0.6) is 0 Å². The molecule has 0 radical (unpaired) electrons. The van der Waals surface area contributed by atoms with Gasteiger partial charge in [-0.25, -0.2) is 23.0 Å². The van der Waals surface area contributed by atoms with Crippen LogP contribution in [0.2, 0.25) is 0 Å². The average Bonchev–Trinajstić information content (AvgIpc) is 3.43. The zero-order chi connectivity index (χ0) is 34.7. The van der Waals surface area contributed by atoms with Crippen molar-refractivity contribution in [3.05, 3.63) is 148 Å². The van der Waals surface area contributed by atoms with Gasteiger partial charge in [0.05, 0.1) is 23.5 Å². The Morgan fingerprint density at radius 2 is 1.47 bits per heavy atom. The number of fused-ring (bicyclic) bond motifs is 1. The fourth-order valence-electron chi connectivity index (χ4n) is 5.74. The van der Waals surface area contributed by atoms with Crippen molar-refractivity contribution in [2.45, 2.75) is 46.0 Å². The van der Waals surface area contributed by atoms with Crippen LogP contribution >= 0.6 is 0 Å². The van der Waals surface area contributed by atoms with Crippen LogP contribution in [-0.2, 0) is 24.4 Å². The Bertz CT molecular complexity index is 2140. The van der Waals surface area contributed by atoms with E-state index in [4.69, 9.17) is 9.72 Å². The molecule has 6 rings (SSSR count). The van der Waals surface area contributed by atoms with Gasteiger partial charge in [-0.1, -0.05) is 78.9 Å². The zero-order valence-electron chi connectivity index (χ0n) is 27.8. The van der Waals surface area contributed by atoms with Crippen LogP contribution in [0.3, 0.4) is 0 Å². The Morgan fingerprint density at radius 1 is 0.837 bits per heavy atom. The summed E-state index contributed by atoms with van der Waals surface area (Å²) in [5.74, 6) is -1.15. The number of nitrogens with zero attached hydrogens (tertiary/aromatic N) is 4. The van der Waals surface area contributed by atoms with E-state index in [1.165, 1.54) is 18.2 Å². The van der Waals surface area contributed by atoms with Crippen LogP contribution in [0.15, 0.2) is 114 Å². The Balaban J connectivity index is 1.52. The molecule has 0 spiro atoms. The minimum absolute atomic E-state index is 0.142. The largest absolute Gasteiger partial charge is 0.444 e. The quantitative estimate of drug-likeness (QED) is 0.169. The van der Waals surface area contributed by atoms with Gasteiger partial charge in [0.1, 0.15) is 17.2 Å². The topological polar surface area (TPSA) is 80.9 Å². The molecule has 4 aromatic carbocycles. The molecule has 10 heteroatoms. The minimum Gasteiger partial charge on any atom is -0.444 e. The van der Waals surface area contributed by atoms with Crippen LogP contribution in [0.25, 0.3) is 28.2 Å². The van der Waals surface area contributed by atoms with Crippen LogP contribution < -0.4 is 10.9 Å². The number of nitrogens with one attached hydrogen (secondary N) is 1.